The number of fused-ring (bicyclic) bond motifs is 1. The number of hydrogen-bond acceptors (Lipinski definition) is 9. The molecule has 3 unspecified atom stereocenters. The highest BCUT2D eigenvalue weighted by Crippen LogP contribution is 2.47. The summed E-state index contributed by atoms with van der Waals surface area (Å²) in [6.45, 7) is 2.99. The molecule has 1 aromatic heterocycles. The molecule has 2 aliphatic rings. The molecule has 0 saturated carbocycles. The Hall–Kier alpha value is -4.51. The number of para-hydroxylation sites is 2. The number of amides is 1. The summed E-state index contributed by atoms with van der Waals surface area (Å²) in [5, 5.41) is 10.6. The van der Waals surface area contributed by atoms with E-state index in [1.165, 1.54) is 7.11 Å². The standard InChI is InChI=1S/C32H37N3O8/c1-4-5-13-35(22-9-8-12-33-16-22)29(36)18-34-17-23(21-14-27(40-3)31-28(15-21)42-20-43-31)30(32(37)38)24(34)19-41-26-11-7-6-10-25(26)39-2/h6-12,14-16,23-24,30H,4-5,13,17-20H2,1-3H3,(H,37,38). The van der Waals surface area contributed by atoms with Crippen LogP contribution in [0.4, 0.5) is 5.69 Å². The van der Waals surface area contributed by atoms with Crippen molar-refractivity contribution in [3.63, 3.8) is 0 Å². The van der Waals surface area contributed by atoms with Gasteiger partial charge in [-0.3, -0.25) is 19.5 Å². The van der Waals surface area contributed by atoms with Crippen LogP contribution in [0.15, 0.2) is 60.9 Å². The molecule has 3 atom stereocenters. The highest BCUT2D eigenvalue weighted by molar-refractivity contribution is 5.94. The number of hydrogen-bond donors (Lipinski definition) is 1. The summed E-state index contributed by atoms with van der Waals surface area (Å²) in [5.41, 5.74) is 1.43. The van der Waals surface area contributed by atoms with Crippen LogP contribution in [0.3, 0.4) is 0 Å². The van der Waals surface area contributed by atoms with Gasteiger partial charge in [0.05, 0.1) is 44.6 Å². The van der Waals surface area contributed by atoms with Gasteiger partial charge in [0.15, 0.2) is 23.0 Å². The minimum Gasteiger partial charge on any atom is -0.493 e. The molecule has 2 aliphatic heterocycles. The Bertz CT molecular complexity index is 1420. The third kappa shape index (κ3) is 6.46. The van der Waals surface area contributed by atoms with E-state index < -0.39 is 23.8 Å². The number of carboxylic acid groups (broad SMARTS) is 1. The zero-order valence-corrected chi connectivity index (χ0v) is 24.6. The van der Waals surface area contributed by atoms with Crippen LogP contribution in [0.1, 0.15) is 31.2 Å². The average Bonchev–Trinajstić information content (AvgIpc) is 3.65. The molecule has 3 aromatic rings. The lowest BCUT2D eigenvalue weighted by Crippen LogP contribution is -2.46. The number of carboxylic acids is 1. The van der Waals surface area contributed by atoms with Crippen molar-refractivity contribution in [2.75, 3.05) is 52.2 Å². The fourth-order valence-electron chi connectivity index (χ4n) is 5.80. The molecule has 1 N–H and O–H groups in total. The third-order valence-electron chi connectivity index (χ3n) is 7.95. The SMILES string of the molecule is CCCCN(C(=O)CN1CC(c2cc(OC)c3c(c2)OCO3)C(C(=O)O)C1COc1ccccc1OC)c1cccnc1. The maximum atomic E-state index is 13.9. The van der Waals surface area contributed by atoms with Gasteiger partial charge in [-0.2, -0.15) is 0 Å². The van der Waals surface area contributed by atoms with E-state index >= 15 is 0 Å². The van der Waals surface area contributed by atoms with Crippen molar-refractivity contribution in [3.8, 4) is 28.7 Å². The Morgan fingerprint density at radius 3 is 2.56 bits per heavy atom. The smallest absolute Gasteiger partial charge is 0.308 e. The summed E-state index contributed by atoms with van der Waals surface area (Å²) in [5.74, 6) is -0.0234. The van der Waals surface area contributed by atoms with Gasteiger partial charge in [0, 0.05) is 25.2 Å². The predicted molar refractivity (Wildman–Crippen MR) is 158 cm³/mol. The fraction of sp³-hybridized carbons (Fsp3) is 0.406. The Kier molecular flexibility index (Phi) is 9.51. The lowest BCUT2D eigenvalue weighted by Gasteiger charge is -2.29. The quantitative estimate of drug-likeness (QED) is 0.310. The molecule has 1 saturated heterocycles. The number of methoxy groups -OCH3 is 2. The molecule has 11 heteroatoms. The molecule has 43 heavy (non-hydrogen) atoms. The highest BCUT2D eigenvalue weighted by atomic mass is 16.7. The number of nitrogens with zero attached hydrogens (tertiary/aromatic N) is 3. The van der Waals surface area contributed by atoms with E-state index in [2.05, 4.69) is 11.9 Å². The van der Waals surface area contributed by atoms with E-state index in [4.69, 9.17) is 23.7 Å². The first-order chi connectivity index (χ1) is 20.9. The largest absolute Gasteiger partial charge is 0.493 e. The second-order valence-corrected chi connectivity index (χ2v) is 10.5. The number of pyridine rings is 1. The van der Waals surface area contributed by atoms with E-state index in [9.17, 15) is 14.7 Å². The zero-order valence-electron chi connectivity index (χ0n) is 24.6. The van der Waals surface area contributed by atoms with E-state index in [-0.39, 0.29) is 25.9 Å². The summed E-state index contributed by atoms with van der Waals surface area (Å²) in [6, 6.07) is 13.8. The van der Waals surface area contributed by atoms with Crippen molar-refractivity contribution in [1.29, 1.82) is 0 Å². The summed E-state index contributed by atoms with van der Waals surface area (Å²) in [7, 11) is 3.08. The summed E-state index contributed by atoms with van der Waals surface area (Å²) < 4.78 is 28.4. The maximum absolute atomic E-state index is 13.9. The number of ether oxygens (including phenoxy) is 5. The Labute approximate surface area is 250 Å². The van der Waals surface area contributed by atoms with E-state index in [1.807, 2.05) is 23.1 Å². The molecular weight excluding hydrogens is 554 g/mol. The lowest BCUT2D eigenvalue weighted by atomic mass is 9.85. The van der Waals surface area contributed by atoms with Crippen molar-refractivity contribution in [3.05, 3.63) is 66.5 Å². The van der Waals surface area contributed by atoms with Gasteiger partial charge in [0.1, 0.15) is 6.61 Å². The first-order valence-corrected chi connectivity index (χ1v) is 14.4. The van der Waals surface area contributed by atoms with Crippen molar-refractivity contribution >= 4 is 17.6 Å². The number of carbonyl (C=O) groups is 2. The van der Waals surface area contributed by atoms with Crippen LogP contribution in [-0.4, -0.2) is 80.2 Å². The Morgan fingerprint density at radius 1 is 1.07 bits per heavy atom. The average molecular weight is 592 g/mol. The molecule has 0 aliphatic carbocycles. The topological polar surface area (TPSA) is 120 Å². The number of rotatable bonds is 13. The minimum absolute atomic E-state index is 0.000522. The van der Waals surface area contributed by atoms with Crippen LogP contribution >= 0.6 is 0 Å². The van der Waals surface area contributed by atoms with E-state index in [0.29, 0.717) is 47.5 Å². The van der Waals surface area contributed by atoms with Crippen LogP contribution in [0.5, 0.6) is 28.7 Å². The first kappa shape index (κ1) is 30.0. The Balaban J connectivity index is 1.48. The summed E-state index contributed by atoms with van der Waals surface area (Å²) in [4.78, 5) is 34.7. The van der Waals surface area contributed by atoms with Gasteiger partial charge in [0.2, 0.25) is 18.4 Å². The summed E-state index contributed by atoms with van der Waals surface area (Å²) >= 11 is 0. The van der Waals surface area contributed by atoms with Gasteiger partial charge in [-0.25, -0.2) is 0 Å². The van der Waals surface area contributed by atoms with Gasteiger partial charge in [-0.05, 0) is 48.4 Å². The molecule has 1 amide bonds. The molecule has 0 spiro atoms. The predicted octanol–water partition coefficient (Wildman–Crippen LogP) is 4.21. The molecule has 0 bridgehead atoms. The number of unbranched alkanes of at least 4 members (excludes halogenated alkanes) is 1. The second-order valence-electron chi connectivity index (χ2n) is 10.5. The van der Waals surface area contributed by atoms with Crippen molar-refractivity contribution in [2.24, 2.45) is 5.92 Å². The second kappa shape index (κ2) is 13.6. The van der Waals surface area contributed by atoms with E-state index in [1.54, 1.807) is 54.7 Å². The molecular formula is C32H37N3O8. The number of aliphatic carboxylic acids is 1. The molecule has 3 heterocycles. The maximum Gasteiger partial charge on any atom is 0.308 e. The zero-order chi connectivity index (χ0) is 30.3. The van der Waals surface area contributed by atoms with Crippen LogP contribution < -0.4 is 28.6 Å². The molecule has 2 aromatic carbocycles. The summed E-state index contributed by atoms with van der Waals surface area (Å²) in [6.07, 6.45) is 5.07. The number of likely N-dealkylation sites (tertiary alicyclic amines) is 1. The number of carbonyl (C=O) groups excluding carboxylic acids is 1. The first-order valence-electron chi connectivity index (χ1n) is 14.4. The van der Waals surface area contributed by atoms with E-state index in [0.717, 1.165) is 18.4 Å². The monoisotopic (exact) mass is 591 g/mol. The highest BCUT2D eigenvalue weighted by Gasteiger charge is 2.48. The Morgan fingerprint density at radius 2 is 1.86 bits per heavy atom. The fourth-order valence-corrected chi connectivity index (χ4v) is 5.80. The van der Waals surface area contributed by atoms with Crippen LogP contribution in [0.25, 0.3) is 0 Å². The van der Waals surface area contributed by atoms with Crippen LogP contribution in [0.2, 0.25) is 0 Å². The van der Waals surface area contributed by atoms with Crippen molar-refractivity contribution in [2.45, 2.75) is 31.7 Å². The van der Waals surface area contributed by atoms with Crippen LogP contribution in [0, 0.1) is 5.92 Å². The normalized spacial score (nSPS) is 19.2. The molecule has 0 radical (unpaired) electrons. The third-order valence-corrected chi connectivity index (χ3v) is 7.95. The number of benzene rings is 2. The minimum atomic E-state index is -0.986. The lowest BCUT2D eigenvalue weighted by molar-refractivity contribution is -0.143. The molecule has 11 nitrogen and oxygen atoms in total. The van der Waals surface area contributed by atoms with Gasteiger partial charge < -0.3 is 33.7 Å². The molecule has 228 valence electrons. The van der Waals surface area contributed by atoms with Gasteiger partial charge in [0.25, 0.3) is 0 Å². The molecule has 5 rings (SSSR count). The molecule has 1 fully saturated rings. The van der Waals surface area contributed by atoms with Crippen molar-refractivity contribution in [1.82, 2.24) is 9.88 Å². The van der Waals surface area contributed by atoms with Gasteiger partial charge in [-0.1, -0.05) is 25.5 Å². The number of anilines is 1. The van der Waals surface area contributed by atoms with Gasteiger partial charge >= 0.3 is 5.97 Å². The van der Waals surface area contributed by atoms with Crippen LogP contribution in [-0.2, 0) is 9.59 Å². The van der Waals surface area contributed by atoms with Gasteiger partial charge in [-0.15, -0.1) is 0 Å². The number of aromatic nitrogens is 1. The van der Waals surface area contributed by atoms with Crippen molar-refractivity contribution < 1.29 is 38.4 Å².